The SMILES string of the molecule is COc1cc(Br)ccc1C(=O)Nc1cccc(O)c1C. The van der Waals surface area contributed by atoms with Gasteiger partial charge in [0.05, 0.1) is 12.7 Å². The fourth-order valence-electron chi connectivity index (χ4n) is 1.80. The van der Waals surface area contributed by atoms with Gasteiger partial charge < -0.3 is 15.2 Å². The molecule has 0 bridgehead atoms. The van der Waals surface area contributed by atoms with Crippen LogP contribution in [0.1, 0.15) is 15.9 Å². The third-order valence-electron chi connectivity index (χ3n) is 2.96. The molecule has 0 fully saturated rings. The molecule has 0 heterocycles. The zero-order valence-corrected chi connectivity index (χ0v) is 12.7. The number of benzene rings is 2. The van der Waals surface area contributed by atoms with Crippen molar-refractivity contribution in [3.05, 3.63) is 52.0 Å². The molecule has 0 aliphatic heterocycles. The molecule has 2 aromatic rings. The summed E-state index contributed by atoms with van der Waals surface area (Å²) in [5, 5.41) is 12.4. The van der Waals surface area contributed by atoms with Gasteiger partial charge in [-0.05, 0) is 37.3 Å². The van der Waals surface area contributed by atoms with Gasteiger partial charge in [0.15, 0.2) is 0 Å². The number of amides is 1. The van der Waals surface area contributed by atoms with Crippen molar-refractivity contribution in [2.24, 2.45) is 0 Å². The highest BCUT2D eigenvalue weighted by molar-refractivity contribution is 9.10. The molecule has 2 rings (SSSR count). The number of carbonyl (C=O) groups excluding carboxylic acids is 1. The maximum absolute atomic E-state index is 12.3. The van der Waals surface area contributed by atoms with Crippen molar-refractivity contribution in [3.63, 3.8) is 0 Å². The molecule has 0 aliphatic carbocycles. The smallest absolute Gasteiger partial charge is 0.259 e. The molecule has 0 radical (unpaired) electrons. The van der Waals surface area contributed by atoms with Gasteiger partial charge in [0.1, 0.15) is 11.5 Å². The first-order valence-electron chi connectivity index (χ1n) is 5.96. The number of hydrogen-bond donors (Lipinski definition) is 2. The van der Waals surface area contributed by atoms with Gasteiger partial charge in [-0.3, -0.25) is 4.79 Å². The minimum atomic E-state index is -0.289. The molecule has 2 aromatic carbocycles. The fourth-order valence-corrected chi connectivity index (χ4v) is 2.14. The van der Waals surface area contributed by atoms with Gasteiger partial charge in [-0.1, -0.05) is 22.0 Å². The van der Waals surface area contributed by atoms with E-state index in [-0.39, 0.29) is 11.7 Å². The molecule has 1 amide bonds. The molecule has 5 heteroatoms. The highest BCUT2D eigenvalue weighted by Gasteiger charge is 2.14. The minimum Gasteiger partial charge on any atom is -0.508 e. The number of phenols is 1. The van der Waals surface area contributed by atoms with Crippen molar-refractivity contribution in [2.45, 2.75) is 6.92 Å². The van der Waals surface area contributed by atoms with E-state index in [0.29, 0.717) is 22.6 Å². The molecule has 0 aromatic heterocycles. The molecular weight excluding hydrogens is 322 g/mol. The zero-order valence-electron chi connectivity index (χ0n) is 11.1. The van der Waals surface area contributed by atoms with Crippen LogP contribution in [-0.2, 0) is 0 Å². The van der Waals surface area contributed by atoms with E-state index in [0.717, 1.165) is 4.47 Å². The molecule has 20 heavy (non-hydrogen) atoms. The lowest BCUT2D eigenvalue weighted by atomic mass is 10.1. The lowest BCUT2D eigenvalue weighted by molar-refractivity contribution is 0.102. The molecule has 0 saturated heterocycles. The lowest BCUT2D eigenvalue weighted by Gasteiger charge is -2.12. The monoisotopic (exact) mass is 335 g/mol. The van der Waals surface area contributed by atoms with Crippen molar-refractivity contribution in [1.29, 1.82) is 0 Å². The Morgan fingerprint density at radius 2 is 2.05 bits per heavy atom. The van der Waals surface area contributed by atoms with Crippen LogP contribution in [0.4, 0.5) is 5.69 Å². The van der Waals surface area contributed by atoms with E-state index >= 15 is 0 Å². The highest BCUT2D eigenvalue weighted by Crippen LogP contribution is 2.27. The van der Waals surface area contributed by atoms with Crippen LogP contribution in [0.3, 0.4) is 0 Å². The van der Waals surface area contributed by atoms with E-state index in [1.54, 1.807) is 43.3 Å². The summed E-state index contributed by atoms with van der Waals surface area (Å²) in [6, 6.07) is 10.2. The largest absolute Gasteiger partial charge is 0.508 e. The number of hydrogen-bond acceptors (Lipinski definition) is 3. The summed E-state index contributed by atoms with van der Waals surface area (Å²) < 4.78 is 6.03. The summed E-state index contributed by atoms with van der Waals surface area (Å²) in [6.07, 6.45) is 0. The Bertz CT molecular complexity index is 656. The Morgan fingerprint density at radius 3 is 2.75 bits per heavy atom. The average molecular weight is 336 g/mol. The Morgan fingerprint density at radius 1 is 1.30 bits per heavy atom. The Labute approximate surface area is 125 Å². The second-order valence-corrected chi connectivity index (χ2v) is 5.16. The molecular formula is C15H14BrNO3. The first-order valence-corrected chi connectivity index (χ1v) is 6.75. The highest BCUT2D eigenvalue weighted by atomic mass is 79.9. The van der Waals surface area contributed by atoms with Crippen LogP contribution in [0.5, 0.6) is 11.5 Å². The Balaban J connectivity index is 2.31. The van der Waals surface area contributed by atoms with E-state index in [2.05, 4.69) is 21.2 Å². The van der Waals surface area contributed by atoms with E-state index in [4.69, 9.17) is 4.74 Å². The quantitative estimate of drug-likeness (QED) is 0.898. The van der Waals surface area contributed by atoms with Gasteiger partial charge in [-0.15, -0.1) is 0 Å². The summed E-state index contributed by atoms with van der Waals surface area (Å²) in [5.41, 5.74) is 1.62. The molecule has 0 spiro atoms. The molecule has 0 unspecified atom stereocenters. The first kappa shape index (κ1) is 14.4. The van der Waals surface area contributed by atoms with Gasteiger partial charge in [-0.25, -0.2) is 0 Å². The number of rotatable bonds is 3. The molecule has 4 nitrogen and oxygen atoms in total. The maximum Gasteiger partial charge on any atom is 0.259 e. The van der Waals surface area contributed by atoms with E-state index < -0.39 is 0 Å². The predicted molar refractivity (Wildman–Crippen MR) is 81.5 cm³/mol. The number of aromatic hydroxyl groups is 1. The second kappa shape index (κ2) is 5.96. The zero-order chi connectivity index (χ0) is 14.7. The Kier molecular flexibility index (Phi) is 4.29. The molecule has 0 atom stereocenters. The van der Waals surface area contributed by atoms with Gasteiger partial charge in [0, 0.05) is 15.7 Å². The fraction of sp³-hybridized carbons (Fsp3) is 0.133. The lowest BCUT2D eigenvalue weighted by Crippen LogP contribution is -2.14. The number of carbonyl (C=O) groups is 1. The van der Waals surface area contributed by atoms with Gasteiger partial charge in [-0.2, -0.15) is 0 Å². The number of halogens is 1. The number of nitrogens with one attached hydrogen (secondary N) is 1. The van der Waals surface area contributed by atoms with Crippen LogP contribution >= 0.6 is 15.9 Å². The van der Waals surface area contributed by atoms with Gasteiger partial charge in [0.25, 0.3) is 5.91 Å². The van der Waals surface area contributed by atoms with E-state index in [1.807, 2.05) is 0 Å². The summed E-state index contributed by atoms with van der Waals surface area (Å²) >= 11 is 3.33. The maximum atomic E-state index is 12.3. The van der Waals surface area contributed by atoms with Crippen molar-refractivity contribution < 1.29 is 14.6 Å². The van der Waals surface area contributed by atoms with Gasteiger partial charge in [0.2, 0.25) is 0 Å². The standard InChI is InChI=1S/C15H14BrNO3/c1-9-12(4-3-5-13(9)18)17-15(19)11-7-6-10(16)8-14(11)20-2/h3-8,18H,1-2H3,(H,17,19). The topological polar surface area (TPSA) is 58.6 Å². The van der Waals surface area contributed by atoms with Crippen molar-refractivity contribution >= 4 is 27.5 Å². The molecule has 0 aliphatic rings. The summed E-state index contributed by atoms with van der Waals surface area (Å²) in [7, 11) is 1.51. The number of ether oxygens (including phenoxy) is 1. The third-order valence-corrected chi connectivity index (χ3v) is 3.45. The van der Waals surface area contributed by atoms with Crippen LogP contribution in [0.15, 0.2) is 40.9 Å². The van der Waals surface area contributed by atoms with Gasteiger partial charge >= 0.3 is 0 Å². The number of anilines is 1. The molecule has 104 valence electrons. The molecule has 0 saturated carbocycles. The predicted octanol–water partition coefficient (Wildman–Crippen LogP) is 3.72. The van der Waals surface area contributed by atoms with Crippen LogP contribution in [0.25, 0.3) is 0 Å². The van der Waals surface area contributed by atoms with Crippen LogP contribution in [0, 0.1) is 6.92 Å². The van der Waals surface area contributed by atoms with E-state index in [9.17, 15) is 9.90 Å². The summed E-state index contributed by atoms with van der Waals surface area (Å²) in [6.45, 7) is 1.74. The summed E-state index contributed by atoms with van der Waals surface area (Å²) in [5.74, 6) is 0.336. The number of phenolic OH excluding ortho intramolecular Hbond substituents is 1. The molecule has 2 N–H and O–H groups in total. The van der Waals surface area contributed by atoms with E-state index in [1.165, 1.54) is 7.11 Å². The third kappa shape index (κ3) is 2.93. The van der Waals surface area contributed by atoms with Crippen LogP contribution < -0.4 is 10.1 Å². The van der Waals surface area contributed by atoms with Crippen molar-refractivity contribution in [1.82, 2.24) is 0 Å². The first-order chi connectivity index (χ1) is 9.52. The minimum absolute atomic E-state index is 0.144. The van der Waals surface area contributed by atoms with Crippen LogP contribution in [0.2, 0.25) is 0 Å². The second-order valence-electron chi connectivity index (χ2n) is 4.25. The summed E-state index contributed by atoms with van der Waals surface area (Å²) in [4.78, 5) is 12.3. The van der Waals surface area contributed by atoms with Crippen molar-refractivity contribution in [3.8, 4) is 11.5 Å². The Hall–Kier alpha value is -2.01. The van der Waals surface area contributed by atoms with Crippen molar-refractivity contribution in [2.75, 3.05) is 12.4 Å². The van der Waals surface area contributed by atoms with Crippen LogP contribution in [-0.4, -0.2) is 18.1 Å². The average Bonchev–Trinajstić information content (AvgIpc) is 2.43. The number of methoxy groups -OCH3 is 1. The normalized spacial score (nSPS) is 10.2.